The van der Waals surface area contributed by atoms with E-state index in [2.05, 4.69) is 117 Å². The molecule has 13 heteroatoms. The van der Waals surface area contributed by atoms with Crippen LogP contribution in [0.3, 0.4) is 0 Å². The number of imidazole rings is 1. The maximum absolute atomic E-state index is 17.4. The number of methoxy groups -OCH3 is 1. The van der Waals surface area contributed by atoms with Gasteiger partial charge in [0, 0.05) is 97.8 Å². The molecule has 4 saturated heterocycles. The summed E-state index contributed by atoms with van der Waals surface area (Å²) in [5.41, 5.74) is 3.66. The van der Waals surface area contributed by atoms with Gasteiger partial charge in [0.1, 0.15) is 11.6 Å². The third-order valence-electron chi connectivity index (χ3n) is 18.0. The smallest absolute Gasteiger partial charge is 0.167 e. The molecule has 71 heavy (non-hydrogen) atoms. The summed E-state index contributed by atoms with van der Waals surface area (Å²) in [6, 6.07) is 31.6. The predicted molar refractivity (Wildman–Crippen MR) is 280 cm³/mol. The first-order chi connectivity index (χ1) is 34.2. The summed E-state index contributed by atoms with van der Waals surface area (Å²) in [5.74, 6) is 1.88. The highest BCUT2D eigenvalue weighted by molar-refractivity contribution is 6.30. The fourth-order valence-electron chi connectivity index (χ4n) is 14.7. The van der Waals surface area contributed by atoms with Crippen LogP contribution in [0, 0.1) is 22.6 Å². The van der Waals surface area contributed by atoms with E-state index in [0.717, 1.165) is 66.4 Å². The second-order valence-corrected chi connectivity index (χ2v) is 22.4. The number of benzene rings is 4. The van der Waals surface area contributed by atoms with Crippen molar-refractivity contribution in [1.82, 2.24) is 39.8 Å². The van der Waals surface area contributed by atoms with Crippen molar-refractivity contribution in [2.75, 3.05) is 48.5 Å². The lowest BCUT2D eigenvalue weighted by molar-refractivity contribution is -0.154. The Bertz CT molecular complexity index is 2670. The Balaban J connectivity index is 1.09. The van der Waals surface area contributed by atoms with Gasteiger partial charge in [0.15, 0.2) is 17.3 Å². The average molecular weight is 986 g/mol. The molecule has 2 N–H and O–H groups in total. The van der Waals surface area contributed by atoms with Gasteiger partial charge < -0.3 is 29.6 Å². The van der Waals surface area contributed by atoms with Gasteiger partial charge in [0.2, 0.25) is 0 Å². The van der Waals surface area contributed by atoms with Gasteiger partial charge in [-0.15, -0.1) is 0 Å². The van der Waals surface area contributed by atoms with E-state index >= 15 is 9.18 Å². The first-order valence-electron chi connectivity index (χ1n) is 25.9. The van der Waals surface area contributed by atoms with Crippen molar-refractivity contribution in [3.8, 4) is 22.8 Å². The molecule has 5 fully saturated rings. The number of ether oxygens (including phenoxy) is 2. The lowest BCUT2D eigenvalue weighted by atomic mass is 9.54. The number of nitrogens with zero attached hydrogens (tertiary/aromatic N) is 6. The molecule has 378 valence electrons. The molecule has 10 rings (SSSR count). The van der Waals surface area contributed by atoms with Crippen LogP contribution in [0.5, 0.6) is 11.5 Å². The summed E-state index contributed by atoms with van der Waals surface area (Å²) >= 11 is 6.41. The van der Waals surface area contributed by atoms with Crippen LogP contribution in [0.15, 0.2) is 103 Å². The molecule has 4 aliphatic heterocycles. The molecule has 0 radical (unpaired) electrons. The fraction of sp³-hybridized carbons (Fsp3) is 0.517. The van der Waals surface area contributed by atoms with Gasteiger partial charge in [0.05, 0.1) is 35.9 Å². The third kappa shape index (κ3) is 8.58. The Hall–Kier alpha value is -4.50. The van der Waals surface area contributed by atoms with Gasteiger partial charge in [0.25, 0.3) is 0 Å². The molecule has 1 spiro atoms. The second-order valence-electron chi connectivity index (χ2n) is 21.9. The Morgan fingerprint density at radius 2 is 1.62 bits per heavy atom. The zero-order chi connectivity index (χ0) is 49.9. The van der Waals surface area contributed by atoms with E-state index in [9.17, 15) is 0 Å². The van der Waals surface area contributed by atoms with Crippen molar-refractivity contribution >= 4 is 17.4 Å². The number of rotatable bonds is 14. The minimum absolute atomic E-state index is 0.0528. The summed E-state index contributed by atoms with van der Waals surface area (Å²) in [6.07, 6.45) is 5.92. The third-order valence-corrected chi connectivity index (χ3v) is 18.2. The largest absolute Gasteiger partial charge is 0.454 e. The lowest BCUT2D eigenvalue weighted by Gasteiger charge is -2.57. The Labute approximate surface area is 426 Å². The number of ketones is 1. The number of likely N-dealkylation sites (N-methyl/N-ethyl adjacent to an activating group) is 2. The van der Waals surface area contributed by atoms with Crippen molar-refractivity contribution in [2.45, 2.75) is 120 Å². The standard InChI is InChI=1S/C58H74ClFN8O3/c1-10-57-50-29-42(27-38-15-12-11-13-16-38)54(57)65(6)36(2)31-61-49-30-44(28-39-19-23-43(59)24-20-39)66(7)55-47(35-70-9)63-53(58(49,55)56(57)69)37(3)68(50)33-41-17-14-18-46(60)52(41)71-45-25-21-40(22-26-45)48-32-62-51(67(48)8)34-64(4)5/h11-26,32,36-37,42,44,47,49-50,53-55,61,63H,10,27-31,33-35H2,1-9H3/t36-,37-,42+,44-,47+,49?,50?,53?,54?,55?,57?,58?/m0/s1. The highest BCUT2D eigenvalue weighted by Gasteiger charge is 2.77. The number of hydrogen-bond acceptors (Lipinski definition) is 10. The van der Waals surface area contributed by atoms with Crippen molar-refractivity contribution in [2.24, 2.45) is 23.8 Å². The minimum Gasteiger partial charge on any atom is -0.454 e. The highest BCUT2D eigenvalue weighted by atomic mass is 35.5. The van der Waals surface area contributed by atoms with Crippen molar-refractivity contribution in [3.05, 3.63) is 137 Å². The van der Waals surface area contributed by atoms with Crippen LogP contribution in [-0.4, -0.2) is 138 Å². The first kappa shape index (κ1) is 50.1. The molecule has 5 aliphatic rings. The summed E-state index contributed by atoms with van der Waals surface area (Å²) in [5, 5.41) is 9.11. The SMILES string of the molecule is CCC12C(=O)C34C5C[C@H](Cc6ccc(Cl)cc6)N(C)C3[C@@H](COC)NC4[C@H](C)N(Cc3cccc(F)c3Oc3ccc(-c4cnc(CN(C)C)n4C)cc3)C1C[C@@H](Cc1ccccc1)C2N(C)[C@@H](C)CN5. The molecule has 7 unspecified atom stereocenters. The van der Waals surface area contributed by atoms with Gasteiger partial charge in [-0.05, 0) is 134 Å². The zero-order valence-corrected chi connectivity index (χ0v) is 43.9. The number of hydrogen-bond donors (Lipinski definition) is 2. The highest BCUT2D eigenvalue weighted by Crippen LogP contribution is 2.63. The molecule has 1 aliphatic carbocycles. The monoisotopic (exact) mass is 985 g/mol. The first-order valence-corrected chi connectivity index (χ1v) is 26.3. The predicted octanol–water partition coefficient (Wildman–Crippen LogP) is 8.48. The molecule has 11 nitrogen and oxygen atoms in total. The number of Topliss-reactive ketones (excluding diaryl/α,β-unsaturated/α-hetero) is 1. The number of nitrogens with one attached hydrogen (secondary N) is 2. The van der Waals surface area contributed by atoms with E-state index in [1.807, 2.05) is 69.8 Å². The molecule has 1 saturated carbocycles. The molecule has 5 heterocycles. The number of para-hydroxylation sites is 1. The van der Waals surface area contributed by atoms with Gasteiger partial charge >= 0.3 is 0 Å². The maximum Gasteiger partial charge on any atom is 0.167 e. The molecule has 5 aromatic rings. The van der Waals surface area contributed by atoms with Gasteiger partial charge in [-0.25, -0.2) is 9.37 Å². The zero-order valence-electron chi connectivity index (χ0n) is 43.1. The van der Waals surface area contributed by atoms with E-state index in [1.165, 1.54) is 17.2 Å². The van der Waals surface area contributed by atoms with Crippen molar-refractivity contribution < 1.29 is 18.7 Å². The van der Waals surface area contributed by atoms with Gasteiger partial charge in [-0.1, -0.05) is 73.1 Å². The minimum atomic E-state index is -0.828. The summed E-state index contributed by atoms with van der Waals surface area (Å²) in [7, 11) is 12.4. The number of halogens is 2. The van der Waals surface area contributed by atoms with Crippen LogP contribution in [-0.2, 0) is 42.5 Å². The van der Waals surface area contributed by atoms with Crippen LogP contribution in [0.2, 0.25) is 5.02 Å². The molecule has 2 bridgehead atoms. The van der Waals surface area contributed by atoms with Crippen LogP contribution in [0.4, 0.5) is 4.39 Å². The van der Waals surface area contributed by atoms with Crippen LogP contribution in [0.25, 0.3) is 11.3 Å². The van der Waals surface area contributed by atoms with Crippen molar-refractivity contribution in [1.29, 1.82) is 0 Å². The number of carbonyl (C=O) groups is 1. The number of aromatic nitrogens is 2. The quantitative estimate of drug-likeness (QED) is 0.113. The number of likely N-dealkylation sites (tertiary alicyclic amines) is 2. The van der Waals surface area contributed by atoms with E-state index in [1.54, 1.807) is 13.2 Å². The summed E-state index contributed by atoms with van der Waals surface area (Å²) in [4.78, 5) is 32.0. The molecule has 0 amide bonds. The van der Waals surface area contributed by atoms with E-state index < -0.39 is 16.6 Å². The fourth-order valence-corrected chi connectivity index (χ4v) is 14.9. The van der Waals surface area contributed by atoms with Crippen LogP contribution < -0.4 is 15.4 Å². The Morgan fingerprint density at radius 3 is 2.32 bits per heavy atom. The molecule has 12 atom stereocenters. The topological polar surface area (TPSA) is 90.4 Å². The second kappa shape index (κ2) is 20.1. The Morgan fingerprint density at radius 1 is 0.887 bits per heavy atom. The lowest BCUT2D eigenvalue weighted by Crippen LogP contribution is -2.73. The van der Waals surface area contributed by atoms with Gasteiger partial charge in [-0.3, -0.25) is 19.5 Å². The normalized spacial score (nSPS) is 32.1. The average Bonchev–Trinajstić information content (AvgIpc) is 4.01. The van der Waals surface area contributed by atoms with Crippen LogP contribution >= 0.6 is 11.6 Å². The molecular formula is C58H74ClFN8O3. The molecule has 4 aromatic carbocycles. The molecule has 1 aromatic heterocycles. The van der Waals surface area contributed by atoms with E-state index in [4.69, 9.17) is 21.1 Å². The van der Waals surface area contributed by atoms with E-state index in [0.29, 0.717) is 31.1 Å². The summed E-state index contributed by atoms with van der Waals surface area (Å²) < 4.78 is 31.5. The number of piperidine rings is 1. The van der Waals surface area contributed by atoms with Crippen LogP contribution in [0.1, 0.15) is 62.5 Å². The summed E-state index contributed by atoms with van der Waals surface area (Å²) in [6.45, 7) is 9.31. The van der Waals surface area contributed by atoms with Crippen molar-refractivity contribution in [3.63, 3.8) is 0 Å². The Kier molecular flexibility index (Phi) is 14.2. The van der Waals surface area contributed by atoms with Gasteiger partial charge in [-0.2, -0.15) is 0 Å². The van der Waals surface area contributed by atoms with E-state index in [-0.39, 0.29) is 66.0 Å². The number of carbonyl (C=O) groups excluding carboxylic acids is 1. The maximum atomic E-state index is 17.4. The molecular weight excluding hydrogens is 911 g/mol.